The number of rotatable bonds is 4. The molecule has 1 aromatic heterocycles. The summed E-state index contributed by atoms with van der Waals surface area (Å²) in [7, 11) is -3.03. The predicted molar refractivity (Wildman–Crippen MR) is 106 cm³/mol. The molecule has 26 heavy (non-hydrogen) atoms. The van der Waals surface area contributed by atoms with Gasteiger partial charge in [0.05, 0.1) is 17.2 Å². The zero-order valence-electron chi connectivity index (χ0n) is 15.8. The third-order valence-corrected chi connectivity index (χ3v) is 8.83. The van der Waals surface area contributed by atoms with Gasteiger partial charge in [0.2, 0.25) is 0 Å². The highest BCUT2D eigenvalue weighted by Gasteiger charge is 2.33. The number of hydrogen-bond donors (Lipinski definition) is 2. The van der Waals surface area contributed by atoms with E-state index in [1.54, 1.807) is 11.3 Å². The SMILES string of the molecule is CCC(C)(C)C1CCc2nc(NC(=O)NC3CCCS(=O)(=O)C3)sc2C1. The van der Waals surface area contributed by atoms with Crippen LogP contribution in [0.25, 0.3) is 0 Å². The van der Waals surface area contributed by atoms with Crippen LogP contribution in [0.2, 0.25) is 0 Å². The van der Waals surface area contributed by atoms with E-state index in [2.05, 4.69) is 36.4 Å². The standard InChI is InChI=1S/C18H29N3O3S2/c1-4-18(2,3)12-7-8-14-15(10-12)25-17(20-14)21-16(22)19-13-6-5-9-26(23,24)11-13/h12-13H,4-11H2,1-3H3,(H2,19,20,21,22). The average Bonchev–Trinajstić information content (AvgIpc) is 2.94. The molecular weight excluding hydrogens is 370 g/mol. The van der Waals surface area contributed by atoms with Gasteiger partial charge < -0.3 is 5.32 Å². The van der Waals surface area contributed by atoms with E-state index in [9.17, 15) is 13.2 Å². The molecule has 2 unspecified atom stereocenters. The van der Waals surface area contributed by atoms with Crippen molar-refractivity contribution in [1.29, 1.82) is 0 Å². The number of hydrogen-bond acceptors (Lipinski definition) is 5. The minimum absolute atomic E-state index is 0.0303. The zero-order valence-corrected chi connectivity index (χ0v) is 17.4. The monoisotopic (exact) mass is 399 g/mol. The Morgan fingerprint density at radius 2 is 2.12 bits per heavy atom. The lowest BCUT2D eigenvalue weighted by Crippen LogP contribution is -2.44. The molecule has 2 atom stereocenters. The van der Waals surface area contributed by atoms with Gasteiger partial charge in [-0.05, 0) is 43.4 Å². The summed E-state index contributed by atoms with van der Waals surface area (Å²) in [6.07, 6.45) is 5.59. The van der Waals surface area contributed by atoms with Gasteiger partial charge in [-0.15, -0.1) is 11.3 Å². The van der Waals surface area contributed by atoms with Gasteiger partial charge in [-0.25, -0.2) is 18.2 Å². The molecule has 0 saturated carbocycles. The highest BCUT2D eigenvalue weighted by atomic mass is 32.2. The van der Waals surface area contributed by atoms with Crippen LogP contribution in [0.15, 0.2) is 0 Å². The Balaban J connectivity index is 1.59. The third-order valence-electron chi connectivity index (χ3n) is 5.97. The molecule has 0 aromatic carbocycles. The number of aryl methyl sites for hydroxylation is 1. The molecule has 0 radical (unpaired) electrons. The van der Waals surface area contributed by atoms with Crippen molar-refractivity contribution in [3.63, 3.8) is 0 Å². The summed E-state index contributed by atoms with van der Waals surface area (Å²) in [5.41, 5.74) is 1.42. The first kappa shape index (κ1) is 19.6. The van der Waals surface area contributed by atoms with Gasteiger partial charge in [0.15, 0.2) is 15.0 Å². The lowest BCUT2D eigenvalue weighted by atomic mass is 9.70. The molecule has 146 valence electrons. The Hall–Kier alpha value is -1.15. The van der Waals surface area contributed by atoms with Crippen LogP contribution >= 0.6 is 11.3 Å². The molecule has 0 spiro atoms. The van der Waals surface area contributed by atoms with Crippen LogP contribution in [0, 0.1) is 11.3 Å². The number of thiazole rings is 1. The van der Waals surface area contributed by atoms with Crippen LogP contribution < -0.4 is 10.6 Å². The lowest BCUT2D eigenvalue weighted by molar-refractivity contribution is 0.183. The molecule has 0 bridgehead atoms. The van der Waals surface area contributed by atoms with Crippen molar-refractivity contribution >= 4 is 32.3 Å². The number of nitrogens with one attached hydrogen (secondary N) is 2. The van der Waals surface area contributed by atoms with Gasteiger partial charge in [-0.2, -0.15) is 0 Å². The number of anilines is 1. The highest BCUT2D eigenvalue weighted by molar-refractivity contribution is 7.91. The minimum Gasteiger partial charge on any atom is -0.334 e. The number of carbonyl (C=O) groups is 1. The second-order valence-electron chi connectivity index (χ2n) is 8.22. The number of nitrogens with zero attached hydrogens (tertiary/aromatic N) is 1. The first-order valence-electron chi connectivity index (χ1n) is 9.45. The van der Waals surface area contributed by atoms with Crippen molar-refractivity contribution < 1.29 is 13.2 Å². The van der Waals surface area contributed by atoms with Gasteiger partial charge >= 0.3 is 6.03 Å². The van der Waals surface area contributed by atoms with Crippen molar-refractivity contribution in [3.05, 3.63) is 10.6 Å². The smallest absolute Gasteiger partial charge is 0.321 e. The molecule has 2 N–H and O–H groups in total. The summed E-state index contributed by atoms with van der Waals surface area (Å²) in [5.74, 6) is 0.902. The number of sulfone groups is 1. The number of aromatic nitrogens is 1. The molecule has 2 amide bonds. The molecule has 2 aliphatic rings. The van der Waals surface area contributed by atoms with E-state index in [1.165, 1.54) is 4.88 Å². The van der Waals surface area contributed by atoms with Gasteiger partial charge in [-0.3, -0.25) is 5.32 Å². The fourth-order valence-corrected chi connectivity index (χ4v) is 6.56. The summed E-state index contributed by atoms with van der Waals surface area (Å²) in [6, 6.07) is -0.665. The van der Waals surface area contributed by atoms with Crippen molar-refractivity contribution in [2.24, 2.45) is 11.3 Å². The van der Waals surface area contributed by atoms with Crippen molar-refractivity contribution in [2.75, 3.05) is 16.8 Å². The fraction of sp³-hybridized carbons (Fsp3) is 0.778. The van der Waals surface area contributed by atoms with Crippen LogP contribution in [0.1, 0.15) is 57.0 Å². The van der Waals surface area contributed by atoms with E-state index in [-0.39, 0.29) is 23.6 Å². The minimum atomic E-state index is -3.03. The molecule has 6 nitrogen and oxygen atoms in total. The number of amides is 2. The fourth-order valence-electron chi connectivity index (χ4n) is 3.84. The molecule has 3 rings (SSSR count). The quantitative estimate of drug-likeness (QED) is 0.812. The van der Waals surface area contributed by atoms with E-state index in [0.717, 1.165) is 31.4 Å². The van der Waals surface area contributed by atoms with Gasteiger partial charge in [0.1, 0.15) is 0 Å². The summed E-state index contributed by atoms with van der Waals surface area (Å²) in [6.45, 7) is 6.90. The van der Waals surface area contributed by atoms with Crippen molar-refractivity contribution in [3.8, 4) is 0 Å². The molecule has 1 fully saturated rings. The number of carbonyl (C=O) groups excluding carboxylic acids is 1. The molecule has 1 aromatic rings. The van der Waals surface area contributed by atoms with E-state index in [0.29, 0.717) is 29.3 Å². The molecular formula is C18H29N3O3S2. The van der Waals surface area contributed by atoms with Crippen LogP contribution in [-0.4, -0.2) is 37.0 Å². The Morgan fingerprint density at radius 3 is 2.81 bits per heavy atom. The molecule has 1 aliphatic carbocycles. The predicted octanol–water partition coefficient (Wildman–Crippen LogP) is 3.38. The van der Waals surface area contributed by atoms with Gasteiger partial charge in [0.25, 0.3) is 0 Å². The summed E-state index contributed by atoms with van der Waals surface area (Å²) >= 11 is 1.55. The van der Waals surface area contributed by atoms with Crippen molar-refractivity contribution in [1.82, 2.24) is 10.3 Å². The van der Waals surface area contributed by atoms with E-state index in [1.807, 2.05) is 0 Å². The van der Waals surface area contributed by atoms with E-state index < -0.39 is 9.84 Å². The van der Waals surface area contributed by atoms with Gasteiger partial charge in [0, 0.05) is 10.9 Å². The Bertz CT molecular complexity index is 771. The van der Waals surface area contributed by atoms with Gasteiger partial charge in [-0.1, -0.05) is 27.2 Å². The van der Waals surface area contributed by atoms with Crippen LogP contribution in [0.4, 0.5) is 9.93 Å². The second-order valence-corrected chi connectivity index (χ2v) is 11.5. The normalized spacial score (nSPS) is 25.3. The topological polar surface area (TPSA) is 88.2 Å². The number of urea groups is 1. The third kappa shape index (κ3) is 4.57. The van der Waals surface area contributed by atoms with Crippen molar-refractivity contribution in [2.45, 2.75) is 65.3 Å². The zero-order chi connectivity index (χ0) is 18.9. The maximum atomic E-state index is 12.2. The summed E-state index contributed by atoms with van der Waals surface area (Å²) in [5, 5.41) is 6.20. The second kappa shape index (κ2) is 7.46. The molecule has 8 heteroatoms. The van der Waals surface area contributed by atoms with Crippen LogP contribution in [-0.2, 0) is 22.7 Å². The molecule has 2 heterocycles. The highest BCUT2D eigenvalue weighted by Crippen LogP contribution is 2.41. The first-order chi connectivity index (χ1) is 12.2. The molecule has 1 saturated heterocycles. The molecule has 1 aliphatic heterocycles. The Morgan fingerprint density at radius 1 is 1.35 bits per heavy atom. The van der Waals surface area contributed by atoms with Crippen LogP contribution in [0.3, 0.4) is 0 Å². The largest absolute Gasteiger partial charge is 0.334 e. The number of fused-ring (bicyclic) bond motifs is 1. The van der Waals surface area contributed by atoms with Crippen LogP contribution in [0.5, 0.6) is 0 Å². The Labute approximate surface area is 160 Å². The Kier molecular flexibility index (Phi) is 5.63. The van der Waals surface area contributed by atoms with E-state index in [4.69, 9.17) is 0 Å². The first-order valence-corrected chi connectivity index (χ1v) is 12.1. The van der Waals surface area contributed by atoms with E-state index >= 15 is 0 Å². The lowest BCUT2D eigenvalue weighted by Gasteiger charge is -2.35. The summed E-state index contributed by atoms with van der Waals surface area (Å²) < 4.78 is 23.4. The summed E-state index contributed by atoms with van der Waals surface area (Å²) in [4.78, 5) is 18.1. The average molecular weight is 400 g/mol. The maximum Gasteiger partial charge on any atom is 0.321 e. The maximum absolute atomic E-state index is 12.2.